The van der Waals surface area contributed by atoms with E-state index in [1.165, 1.54) is 18.6 Å². The molecule has 1 aliphatic rings. The molecular weight excluding hydrogens is 212 g/mol. The second-order valence-corrected chi connectivity index (χ2v) is 5.01. The molecule has 0 aliphatic carbocycles. The number of thioether (sulfide) groups is 1. The molecule has 0 aromatic rings. The van der Waals surface area contributed by atoms with E-state index in [2.05, 4.69) is 21.9 Å². The zero-order valence-corrected chi connectivity index (χ0v) is 10.3. The van der Waals surface area contributed by atoms with Gasteiger partial charge in [0.2, 0.25) is 0 Å². The molecule has 1 aliphatic heterocycles. The van der Waals surface area contributed by atoms with E-state index in [1.807, 2.05) is 11.8 Å². The van der Waals surface area contributed by atoms with Crippen molar-refractivity contribution in [3.63, 3.8) is 0 Å². The van der Waals surface area contributed by atoms with Crippen molar-refractivity contribution in [1.82, 2.24) is 10.2 Å². The van der Waals surface area contributed by atoms with E-state index in [4.69, 9.17) is 0 Å². The molecule has 0 bridgehead atoms. The molecule has 0 radical (unpaired) electrons. The molecule has 1 unspecified atom stereocenters. The van der Waals surface area contributed by atoms with Crippen molar-refractivity contribution in [3.05, 3.63) is 0 Å². The molecule has 0 saturated carbocycles. The third-order valence-electron chi connectivity index (χ3n) is 2.54. The number of amides is 1. The van der Waals surface area contributed by atoms with Gasteiger partial charge in [-0.3, -0.25) is 0 Å². The zero-order valence-electron chi connectivity index (χ0n) is 9.49. The van der Waals surface area contributed by atoms with Gasteiger partial charge >= 0.3 is 6.09 Å². The molecule has 1 atom stereocenters. The van der Waals surface area contributed by atoms with Gasteiger partial charge in [0, 0.05) is 31.4 Å². The molecule has 1 amide bonds. The van der Waals surface area contributed by atoms with E-state index in [-0.39, 0.29) is 12.1 Å². The van der Waals surface area contributed by atoms with Crippen LogP contribution >= 0.6 is 11.8 Å². The summed E-state index contributed by atoms with van der Waals surface area (Å²) >= 11 is 1.96. The van der Waals surface area contributed by atoms with Gasteiger partial charge in [0.1, 0.15) is 0 Å². The summed E-state index contributed by atoms with van der Waals surface area (Å²) in [6.45, 7) is 5.34. The number of hydrogen-bond acceptors (Lipinski definition) is 4. The van der Waals surface area contributed by atoms with Crippen molar-refractivity contribution in [1.29, 1.82) is 0 Å². The Balaban J connectivity index is 2.12. The predicted octanol–water partition coefficient (Wildman–Crippen LogP) is 1.17. The van der Waals surface area contributed by atoms with Gasteiger partial charge in [0.05, 0.1) is 7.11 Å². The number of likely N-dealkylation sites (tertiary alicyclic amines) is 1. The summed E-state index contributed by atoms with van der Waals surface area (Å²) < 4.78 is 4.57. The van der Waals surface area contributed by atoms with Crippen molar-refractivity contribution in [2.45, 2.75) is 19.4 Å². The van der Waals surface area contributed by atoms with E-state index in [1.54, 1.807) is 0 Å². The van der Waals surface area contributed by atoms with Gasteiger partial charge in [-0.15, -0.1) is 0 Å². The molecule has 0 aromatic carbocycles. The lowest BCUT2D eigenvalue weighted by Crippen LogP contribution is -2.37. The fourth-order valence-electron chi connectivity index (χ4n) is 1.72. The summed E-state index contributed by atoms with van der Waals surface area (Å²) in [6.07, 6.45) is 0.719. The van der Waals surface area contributed by atoms with Crippen molar-refractivity contribution in [3.8, 4) is 0 Å². The van der Waals surface area contributed by atoms with Gasteiger partial charge in [0.15, 0.2) is 0 Å². The number of carbonyl (C=O) groups is 1. The first-order chi connectivity index (χ1) is 7.26. The normalized spacial score (nSPS) is 21.6. The predicted molar refractivity (Wildman–Crippen MR) is 63.4 cm³/mol. The van der Waals surface area contributed by atoms with Gasteiger partial charge in [-0.05, 0) is 12.2 Å². The fraction of sp³-hybridized carbons (Fsp3) is 0.900. The van der Waals surface area contributed by atoms with E-state index in [0.717, 1.165) is 26.1 Å². The van der Waals surface area contributed by atoms with Crippen LogP contribution in [0.4, 0.5) is 4.79 Å². The molecule has 1 N–H and O–H groups in total. The minimum absolute atomic E-state index is 0.268. The molecule has 1 saturated heterocycles. The number of rotatable bonds is 5. The van der Waals surface area contributed by atoms with E-state index in [9.17, 15) is 4.79 Å². The Morgan fingerprint density at radius 2 is 2.47 bits per heavy atom. The van der Waals surface area contributed by atoms with Gasteiger partial charge in [-0.2, -0.15) is 11.8 Å². The highest BCUT2D eigenvalue weighted by Gasteiger charge is 2.23. The topological polar surface area (TPSA) is 41.6 Å². The molecule has 0 aromatic heterocycles. The Hall–Kier alpha value is -0.420. The number of ether oxygens (including phenoxy) is 1. The highest BCUT2D eigenvalue weighted by Crippen LogP contribution is 2.10. The Labute approximate surface area is 95.7 Å². The first kappa shape index (κ1) is 12.6. The highest BCUT2D eigenvalue weighted by atomic mass is 32.2. The van der Waals surface area contributed by atoms with Crippen molar-refractivity contribution in [2.24, 2.45) is 0 Å². The largest absolute Gasteiger partial charge is 0.453 e. The van der Waals surface area contributed by atoms with Crippen LogP contribution < -0.4 is 5.32 Å². The lowest BCUT2D eigenvalue weighted by atomic mass is 10.3. The summed E-state index contributed by atoms with van der Waals surface area (Å²) in [7, 11) is 1.40. The molecule has 5 heteroatoms. The Morgan fingerprint density at radius 1 is 1.67 bits per heavy atom. The molecule has 15 heavy (non-hydrogen) atoms. The first-order valence-corrected chi connectivity index (χ1v) is 6.56. The van der Waals surface area contributed by atoms with Gasteiger partial charge in [0.25, 0.3) is 0 Å². The van der Waals surface area contributed by atoms with Gasteiger partial charge in [-0.25, -0.2) is 4.79 Å². The van der Waals surface area contributed by atoms with Crippen LogP contribution in [0, 0.1) is 0 Å². The summed E-state index contributed by atoms with van der Waals surface area (Å²) in [6, 6.07) is 0.268. The minimum Gasteiger partial charge on any atom is -0.453 e. The monoisotopic (exact) mass is 232 g/mol. The minimum atomic E-state index is -0.315. The SMILES string of the molecule is CCSCCN1CCC(NC(=O)OC)C1. The summed E-state index contributed by atoms with van der Waals surface area (Å²) in [5.74, 6) is 2.36. The molecule has 88 valence electrons. The molecule has 0 spiro atoms. The Kier molecular flexibility index (Phi) is 5.86. The molecule has 1 rings (SSSR count). The molecular formula is C10H20N2O2S. The summed E-state index contributed by atoms with van der Waals surface area (Å²) in [4.78, 5) is 13.4. The van der Waals surface area contributed by atoms with Crippen molar-refractivity contribution >= 4 is 17.9 Å². The number of nitrogens with one attached hydrogen (secondary N) is 1. The maximum atomic E-state index is 11.0. The van der Waals surface area contributed by atoms with E-state index in [0.29, 0.717) is 0 Å². The first-order valence-electron chi connectivity index (χ1n) is 5.40. The molecule has 1 fully saturated rings. The third kappa shape index (κ3) is 4.75. The fourth-order valence-corrected chi connectivity index (χ4v) is 2.39. The van der Waals surface area contributed by atoms with E-state index >= 15 is 0 Å². The van der Waals surface area contributed by atoms with Crippen LogP contribution in [0.1, 0.15) is 13.3 Å². The summed E-state index contributed by atoms with van der Waals surface area (Å²) in [5, 5.41) is 2.84. The van der Waals surface area contributed by atoms with Gasteiger partial charge in [-0.1, -0.05) is 6.92 Å². The third-order valence-corrected chi connectivity index (χ3v) is 3.42. The maximum absolute atomic E-state index is 11.0. The Morgan fingerprint density at radius 3 is 3.13 bits per heavy atom. The smallest absolute Gasteiger partial charge is 0.407 e. The summed E-state index contributed by atoms with van der Waals surface area (Å²) in [5.41, 5.74) is 0. The number of carbonyl (C=O) groups excluding carboxylic acids is 1. The lowest BCUT2D eigenvalue weighted by molar-refractivity contribution is 0.166. The standard InChI is InChI=1S/C10H20N2O2S/c1-3-15-7-6-12-5-4-9(8-12)11-10(13)14-2/h9H,3-8H2,1-2H3,(H,11,13). The van der Waals surface area contributed by atoms with Crippen molar-refractivity contribution in [2.75, 3.05) is 38.2 Å². The lowest BCUT2D eigenvalue weighted by Gasteiger charge is -2.15. The molecule has 4 nitrogen and oxygen atoms in total. The number of hydrogen-bond donors (Lipinski definition) is 1. The number of methoxy groups -OCH3 is 1. The second kappa shape index (κ2) is 6.95. The number of nitrogens with zero attached hydrogens (tertiary/aromatic N) is 1. The van der Waals surface area contributed by atoms with Crippen LogP contribution in [0.3, 0.4) is 0 Å². The Bertz CT molecular complexity index is 202. The average molecular weight is 232 g/mol. The van der Waals surface area contributed by atoms with Crippen LogP contribution in [0.5, 0.6) is 0 Å². The van der Waals surface area contributed by atoms with Crippen LogP contribution in [0.25, 0.3) is 0 Å². The van der Waals surface area contributed by atoms with Gasteiger partial charge < -0.3 is 15.0 Å². The van der Waals surface area contributed by atoms with E-state index < -0.39 is 0 Å². The maximum Gasteiger partial charge on any atom is 0.407 e. The number of alkyl carbamates (subject to hydrolysis) is 1. The molecule has 1 heterocycles. The van der Waals surface area contributed by atoms with Crippen LogP contribution in [-0.4, -0.2) is 55.3 Å². The highest BCUT2D eigenvalue weighted by molar-refractivity contribution is 7.99. The van der Waals surface area contributed by atoms with Crippen LogP contribution in [-0.2, 0) is 4.74 Å². The average Bonchev–Trinajstić information content (AvgIpc) is 2.66. The zero-order chi connectivity index (χ0) is 11.1. The van der Waals surface area contributed by atoms with Crippen LogP contribution in [0.2, 0.25) is 0 Å². The van der Waals surface area contributed by atoms with Crippen LogP contribution in [0.15, 0.2) is 0 Å². The quantitative estimate of drug-likeness (QED) is 0.723. The van der Waals surface area contributed by atoms with Crippen molar-refractivity contribution < 1.29 is 9.53 Å². The second-order valence-electron chi connectivity index (χ2n) is 3.62.